The van der Waals surface area contributed by atoms with Crippen molar-refractivity contribution in [1.29, 1.82) is 0 Å². The minimum atomic E-state index is -0.297. The van der Waals surface area contributed by atoms with Crippen molar-refractivity contribution < 1.29 is 19.0 Å². The Hall–Kier alpha value is -3.02. The fraction of sp³-hybridized carbons (Fsp3) is 0.391. The second kappa shape index (κ2) is 11.1. The molecule has 2 aromatic rings. The lowest BCUT2D eigenvalue weighted by Gasteiger charge is -2.15. The smallest absolute Gasteiger partial charge is 0.271 e. The van der Waals surface area contributed by atoms with Crippen molar-refractivity contribution in [3.05, 3.63) is 53.6 Å². The van der Waals surface area contributed by atoms with Gasteiger partial charge in [0, 0.05) is 17.2 Å². The first kappa shape index (κ1) is 22.3. The van der Waals surface area contributed by atoms with Gasteiger partial charge in [-0.1, -0.05) is 6.92 Å². The summed E-state index contributed by atoms with van der Waals surface area (Å²) in [6.07, 6.45) is 2.57. The number of carbonyl (C=O) groups excluding carboxylic acids is 1. The Kier molecular flexibility index (Phi) is 8.52. The van der Waals surface area contributed by atoms with Crippen LogP contribution < -0.4 is 19.6 Å². The van der Waals surface area contributed by atoms with Crippen LogP contribution in [-0.4, -0.2) is 30.9 Å². The van der Waals surface area contributed by atoms with Crippen molar-refractivity contribution in [2.75, 3.05) is 6.61 Å². The van der Waals surface area contributed by atoms with Crippen LogP contribution in [-0.2, 0) is 0 Å². The zero-order chi connectivity index (χ0) is 21.2. The van der Waals surface area contributed by atoms with Crippen LogP contribution in [0.15, 0.2) is 47.6 Å². The van der Waals surface area contributed by atoms with E-state index in [0.29, 0.717) is 17.9 Å². The van der Waals surface area contributed by atoms with Crippen molar-refractivity contribution in [2.24, 2.45) is 5.10 Å². The van der Waals surface area contributed by atoms with Gasteiger partial charge in [-0.2, -0.15) is 5.10 Å². The average Bonchev–Trinajstić information content (AvgIpc) is 2.67. The molecule has 156 valence electrons. The number of carbonyl (C=O) groups is 1. The molecule has 0 unspecified atom stereocenters. The van der Waals surface area contributed by atoms with Gasteiger partial charge in [-0.25, -0.2) is 5.43 Å². The molecule has 0 spiro atoms. The Balaban J connectivity index is 2.05. The molecule has 0 fully saturated rings. The predicted molar refractivity (Wildman–Crippen MR) is 115 cm³/mol. The van der Waals surface area contributed by atoms with Crippen molar-refractivity contribution in [1.82, 2.24) is 5.43 Å². The second-order valence-electron chi connectivity index (χ2n) is 7.10. The van der Waals surface area contributed by atoms with Crippen LogP contribution in [0.1, 0.15) is 57.0 Å². The first-order chi connectivity index (χ1) is 13.9. The maximum atomic E-state index is 12.3. The first-order valence-electron chi connectivity index (χ1n) is 9.92. The Morgan fingerprint density at radius 2 is 1.66 bits per heavy atom. The first-order valence-corrected chi connectivity index (χ1v) is 9.92. The summed E-state index contributed by atoms with van der Waals surface area (Å²) in [5.41, 5.74) is 3.79. The highest BCUT2D eigenvalue weighted by molar-refractivity contribution is 5.95. The van der Waals surface area contributed by atoms with E-state index in [-0.39, 0.29) is 18.1 Å². The van der Waals surface area contributed by atoms with Gasteiger partial charge in [0.2, 0.25) is 0 Å². The SMILES string of the molecule is CCCOc1ccc(C(=O)N/N=C\c2ccc(OC(C)C)cc2OC(C)C)cc1. The molecular weight excluding hydrogens is 368 g/mol. The number of hydrogen-bond donors (Lipinski definition) is 1. The summed E-state index contributed by atoms with van der Waals surface area (Å²) in [6.45, 7) is 10.5. The van der Waals surface area contributed by atoms with Crippen LogP contribution in [0, 0.1) is 0 Å². The molecule has 0 radical (unpaired) electrons. The number of amides is 1. The monoisotopic (exact) mass is 398 g/mol. The quantitative estimate of drug-likeness (QED) is 0.460. The van der Waals surface area contributed by atoms with E-state index in [0.717, 1.165) is 23.5 Å². The molecule has 0 aliphatic carbocycles. The van der Waals surface area contributed by atoms with Gasteiger partial charge in [-0.15, -0.1) is 0 Å². The molecule has 0 heterocycles. The molecule has 6 heteroatoms. The Morgan fingerprint density at radius 1 is 1.00 bits per heavy atom. The summed E-state index contributed by atoms with van der Waals surface area (Å²) in [7, 11) is 0. The number of hydrazone groups is 1. The van der Waals surface area contributed by atoms with Crippen LogP contribution >= 0.6 is 0 Å². The molecule has 0 aliphatic heterocycles. The lowest BCUT2D eigenvalue weighted by Crippen LogP contribution is -2.17. The van der Waals surface area contributed by atoms with Crippen molar-refractivity contribution in [3.63, 3.8) is 0 Å². The van der Waals surface area contributed by atoms with Gasteiger partial charge in [0.25, 0.3) is 5.91 Å². The van der Waals surface area contributed by atoms with Gasteiger partial charge >= 0.3 is 0 Å². The summed E-state index contributed by atoms with van der Waals surface area (Å²) in [6, 6.07) is 12.5. The molecule has 0 saturated heterocycles. The molecule has 0 atom stereocenters. The number of rotatable bonds is 10. The zero-order valence-electron chi connectivity index (χ0n) is 17.8. The molecule has 1 N–H and O–H groups in total. The molecule has 1 amide bonds. The van der Waals surface area contributed by atoms with Gasteiger partial charge in [0.05, 0.1) is 25.0 Å². The summed E-state index contributed by atoms with van der Waals surface area (Å²) in [5, 5.41) is 4.07. The Morgan fingerprint density at radius 3 is 2.28 bits per heavy atom. The van der Waals surface area contributed by atoms with E-state index in [1.807, 2.05) is 52.8 Å². The minimum Gasteiger partial charge on any atom is -0.494 e. The van der Waals surface area contributed by atoms with Crippen molar-refractivity contribution in [3.8, 4) is 17.2 Å². The summed E-state index contributed by atoms with van der Waals surface area (Å²) in [5.74, 6) is 1.82. The van der Waals surface area contributed by atoms with E-state index in [9.17, 15) is 4.79 Å². The topological polar surface area (TPSA) is 69.2 Å². The molecule has 2 aromatic carbocycles. The van der Waals surface area contributed by atoms with Gasteiger partial charge in [-0.05, 0) is 70.5 Å². The van der Waals surface area contributed by atoms with Gasteiger partial charge < -0.3 is 14.2 Å². The summed E-state index contributed by atoms with van der Waals surface area (Å²) in [4.78, 5) is 12.3. The van der Waals surface area contributed by atoms with E-state index in [1.54, 1.807) is 30.5 Å². The number of nitrogens with zero attached hydrogens (tertiary/aromatic N) is 1. The fourth-order valence-electron chi connectivity index (χ4n) is 2.47. The lowest BCUT2D eigenvalue weighted by molar-refractivity contribution is 0.0955. The lowest BCUT2D eigenvalue weighted by atomic mass is 10.2. The normalized spacial score (nSPS) is 11.1. The highest BCUT2D eigenvalue weighted by atomic mass is 16.5. The molecule has 0 aliphatic rings. The van der Waals surface area contributed by atoms with Gasteiger partial charge in [0.1, 0.15) is 17.2 Å². The van der Waals surface area contributed by atoms with Crippen molar-refractivity contribution in [2.45, 2.75) is 53.2 Å². The fourth-order valence-corrected chi connectivity index (χ4v) is 2.47. The van der Waals surface area contributed by atoms with Gasteiger partial charge in [-0.3, -0.25) is 4.79 Å². The van der Waals surface area contributed by atoms with Crippen LogP contribution in [0.2, 0.25) is 0 Å². The molecule has 0 bridgehead atoms. The zero-order valence-corrected chi connectivity index (χ0v) is 17.8. The number of benzene rings is 2. The van der Waals surface area contributed by atoms with E-state index >= 15 is 0 Å². The maximum Gasteiger partial charge on any atom is 0.271 e. The largest absolute Gasteiger partial charge is 0.494 e. The molecule has 29 heavy (non-hydrogen) atoms. The van der Waals surface area contributed by atoms with E-state index < -0.39 is 0 Å². The number of nitrogens with one attached hydrogen (secondary N) is 1. The average molecular weight is 399 g/mol. The van der Waals surface area contributed by atoms with Crippen LogP contribution in [0.4, 0.5) is 0 Å². The number of hydrogen-bond acceptors (Lipinski definition) is 5. The molecule has 0 aromatic heterocycles. The van der Waals surface area contributed by atoms with E-state index in [2.05, 4.69) is 10.5 Å². The molecular formula is C23H30N2O4. The number of ether oxygens (including phenoxy) is 3. The van der Waals surface area contributed by atoms with E-state index in [1.165, 1.54) is 0 Å². The Labute approximate surface area is 172 Å². The summed E-state index contributed by atoms with van der Waals surface area (Å²) >= 11 is 0. The second-order valence-corrected chi connectivity index (χ2v) is 7.10. The third kappa shape index (κ3) is 7.49. The highest BCUT2D eigenvalue weighted by Gasteiger charge is 2.09. The Bertz CT molecular complexity index is 814. The van der Waals surface area contributed by atoms with Gasteiger partial charge in [0.15, 0.2) is 0 Å². The molecule has 2 rings (SSSR count). The highest BCUT2D eigenvalue weighted by Crippen LogP contribution is 2.25. The molecule has 0 saturated carbocycles. The van der Waals surface area contributed by atoms with Crippen LogP contribution in [0.5, 0.6) is 17.2 Å². The van der Waals surface area contributed by atoms with E-state index in [4.69, 9.17) is 14.2 Å². The minimum absolute atomic E-state index is 0.000479. The van der Waals surface area contributed by atoms with Crippen LogP contribution in [0.25, 0.3) is 0 Å². The summed E-state index contributed by atoms with van der Waals surface area (Å²) < 4.78 is 17.1. The third-order valence-corrected chi connectivity index (χ3v) is 3.68. The maximum absolute atomic E-state index is 12.3. The van der Waals surface area contributed by atoms with Crippen molar-refractivity contribution >= 4 is 12.1 Å². The molecule has 6 nitrogen and oxygen atoms in total. The van der Waals surface area contributed by atoms with Crippen LogP contribution in [0.3, 0.4) is 0 Å². The third-order valence-electron chi connectivity index (χ3n) is 3.68. The predicted octanol–water partition coefficient (Wildman–Crippen LogP) is 4.81. The standard InChI is InChI=1S/C23H30N2O4/c1-6-13-27-20-10-7-18(8-11-20)23(26)25-24-15-19-9-12-21(28-16(2)3)14-22(19)29-17(4)5/h7-12,14-17H,6,13H2,1-5H3,(H,25,26)/b24-15-.